The maximum atomic E-state index is 13.5. The number of hydrogen-bond donors (Lipinski definition) is 1. The van der Waals surface area contributed by atoms with Crippen molar-refractivity contribution in [2.24, 2.45) is 7.05 Å². The molecule has 3 heterocycles. The Bertz CT molecular complexity index is 1230. The van der Waals surface area contributed by atoms with Crippen molar-refractivity contribution < 1.29 is 9.53 Å². The van der Waals surface area contributed by atoms with Gasteiger partial charge in [-0.1, -0.05) is 6.58 Å². The molecule has 1 fully saturated rings. The fraction of sp³-hybridized carbons (Fsp3) is 0.455. The van der Waals surface area contributed by atoms with Crippen molar-refractivity contribution in [3.05, 3.63) is 41.7 Å². The molecule has 0 aliphatic heterocycles. The zero-order valence-electron chi connectivity index (χ0n) is 19.1. The summed E-state index contributed by atoms with van der Waals surface area (Å²) in [5.74, 6) is 0.343. The van der Waals surface area contributed by atoms with E-state index in [9.17, 15) is 9.59 Å². The third-order valence-corrected chi connectivity index (χ3v) is 6.12. The third-order valence-electron chi connectivity index (χ3n) is 6.12. The third kappa shape index (κ3) is 3.55. The molecule has 0 saturated heterocycles. The number of rotatable bonds is 7. The lowest BCUT2D eigenvalue weighted by atomic mass is 9.85. The average Bonchev–Trinajstić information content (AvgIpc) is 3.33. The number of carbonyl (C=O) groups excluding carboxylic acids is 1. The van der Waals surface area contributed by atoms with Gasteiger partial charge in [-0.2, -0.15) is 0 Å². The Labute approximate surface area is 186 Å². The molecule has 4 rings (SSSR count). The van der Waals surface area contributed by atoms with Gasteiger partial charge >= 0.3 is 0 Å². The molecule has 170 valence electrons. The molecular weight excluding hydrogens is 410 g/mol. The van der Waals surface area contributed by atoms with E-state index in [4.69, 9.17) is 4.74 Å². The summed E-state index contributed by atoms with van der Waals surface area (Å²) in [5.41, 5.74) is 2.44. The summed E-state index contributed by atoms with van der Waals surface area (Å²) < 4.78 is 10.7. The molecule has 3 aromatic rings. The first-order valence-corrected chi connectivity index (χ1v) is 10.6. The summed E-state index contributed by atoms with van der Waals surface area (Å²) >= 11 is 0. The van der Waals surface area contributed by atoms with Gasteiger partial charge in [0.05, 0.1) is 25.3 Å². The highest BCUT2D eigenvalue weighted by molar-refractivity contribution is 5.90. The summed E-state index contributed by atoms with van der Waals surface area (Å²) in [4.78, 5) is 31.6. The van der Waals surface area contributed by atoms with Crippen molar-refractivity contribution in [1.82, 2.24) is 28.8 Å². The number of aromatic nitrogens is 5. The highest BCUT2D eigenvalue weighted by Gasteiger charge is 2.36. The van der Waals surface area contributed by atoms with Crippen LogP contribution in [0.3, 0.4) is 0 Å². The number of anilines is 2. The molecule has 0 spiro atoms. The van der Waals surface area contributed by atoms with E-state index in [1.54, 1.807) is 34.6 Å². The van der Waals surface area contributed by atoms with Gasteiger partial charge in [-0.3, -0.25) is 14.3 Å². The molecule has 32 heavy (non-hydrogen) atoms. The zero-order valence-corrected chi connectivity index (χ0v) is 19.1. The molecular formula is C22H29N7O3. The number of carbonyl (C=O) groups is 1. The van der Waals surface area contributed by atoms with E-state index in [0.717, 1.165) is 0 Å². The SMILES string of the molecule is C=CC(=O)N(C)C1CC(n2cc(Nc3cn(C)nc3OC)c3ncn(C(C)C)c3c2=O)C1. The number of aryl methyl sites for hydroxylation is 1. The number of imidazole rings is 1. The second-order valence-corrected chi connectivity index (χ2v) is 8.48. The lowest BCUT2D eigenvalue weighted by molar-refractivity contribution is -0.129. The van der Waals surface area contributed by atoms with Gasteiger partial charge in [0, 0.05) is 38.4 Å². The number of nitrogens with zero attached hydrogens (tertiary/aromatic N) is 6. The van der Waals surface area contributed by atoms with Crippen molar-refractivity contribution in [3.8, 4) is 5.88 Å². The number of hydrogen-bond acceptors (Lipinski definition) is 6. The highest BCUT2D eigenvalue weighted by Crippen LogP contribution is 2.37. The van der Waals surface area contributed by atoms with Crippen molar-refractivity contribution in [3.63, 3.8) is 0 Å². The van der Waals surface area contributed by atoms with Gasteiger partial charge in [0.2, 0.25) is 5.91 Å². The number of nitrogens with one attached hydrogen (secondary N) is 1. The fourth-order valence-electron chi connectivity index (χ4n) is 4.18. The van der Waals surface area contributed by atoms with Crippen molar-refractivity contribution in [2.75, 3.05) is 19.5 Å². The molecule has 10 nitrogen and oxygen atoms in total. The van der Waals surface area contributed by atoms with E-state index in [0.29, 0.717) is 41.1 Å². The first-order valence-electron chi connectivity index (χ1n) is 10.6. The van der Waals surface area contributed by atoms with Gasteiger partial charge in [0.25, 0.3) is 11.4 Å². The van der Waals surface area contributed by atoms with Crippen molar-refractivity contribution >= 4 is 28.3 Å². The predicted octanol–water partition coefficient (Wildman–Crippen LogP) is 2.61. The van der Waals surface area contributed by atoms with Crippen molar-refractivity contribution in [1.29, 1.82) is 0 Å². The van der Waals surface area contributed by atoms with E-state index < -0.39 is 0 Å². The monoisotopic (exact) mass is 439 g/mol. The summed E-state index contributed by atoms with van der Waals surface area (Å²) in [5, 5.41) is 7.64. The fourth-order valence-corrected chi connectivity index (χ4v) is 4.18. The summed E-state index contributed by atoms with van der Waals surface area (Å²) in [6.45, 7) is 7.59. The Morgan fingerprint density at radius 2 is 2.06 bits per heavy atom. The Kier molecular flexibility index (Phi) is 5.53. The number of amides is 1. The van der Waals surface area contributed by atoms with Gasteiger partial charge in [0.1, 0.15) is 16.7 Å². The second kappa shape index (κ2) is 8.18. The molecule has 0 radical (unpaired) electrons. The topological polar surface area (TPSA) is 99.2 Å². The normalized spacial score (nSPS) is 17.9. The van der Waals surface area contributed by atoms with Crippen LogP contribution in [0.25, 0.3) is 11.0 Å². The van der Waals surface area contributed by atoms with Crippen LogP contribution in [0.15, 0.2) is 36.2 Å². The van der Waals surface area contributed by atoms with Crippen LogP contribution in [0.5, 0.6) is 5.88 Å². The number of likely N-dealkylation sites (N-methyl/N-ethyl adjacent to an activating group) is 1. The predicted molar refractivity (Wildman–Crippen MR) is 122 cm³/mol. The van der Waals surface area contributed by atoms with Crippen molar-refractivity contribution in [2.45, 2.75) is 44.8 Å². The van der Waals surface area contributed by atoms with Crippen LogP contribution in [0.1, 0.15) is 38.8 Å². The Balaban J connectivity index is 1.76. The maximum absolute atomic E-state index is 13.5. The molecule has 0 aromatic carbocycles. The van der Waals surface area contributed by atoms with Gasteiger partial charge in [0.15, 0.2) is 0 Å². The smallest absolute Gasteiger partial charge is 0.277 e. The lowest BCUT2D eigenvalue weighted by Crippen LogP contribution is -2.47. The van der Waals surface area contributed by atoms with Crippen LogP contribution in [0.2, 0.25) is 0 Å². The summed E-state index contributed by atoms with van der Waals surface area (Å²) in [7, 11) is 5.15. The Morgan fingerprint density at radius 3 is 2.69 bits per heavy atom. The van der Waals surface area contributed by atoms with Gasteiger partial charge < -0.3 is 24.1 Å². The van der Waals surface area contributed by atoms with E-state index >= 15 is 0 Å². The number of fused-ring (bicyclic) bond motifs is 1. The van der Waals surface area contributed by atoms with E-state index in [1.807, 2.05) is 37.9 Å². The summed E-state index contributed by atoms with van der Waals surface area (Å²) in [6, 6.07) is 0.150. The minimum absolute atomic E-state index is 0.0104. The Morgan fingerprint density at radius 1 is 1.34 bits per heavy atom. The number of ether oxygens (including phenoxy) is 1. The lowest BCUT2D eigenvalue weighted by Gasteiger charge is -2.41. The summed E-state index contributed by atoms with van der Waals surface area (Å²) in [6.07, 6.45) is 8.04. The number of pyridine rings is 1. The maximum Gasteiger partial charge on any atom is 0.277 e. The van der Waals surface area contributed by atoms with Crippen LogP contribution in [0, 0.1) is 0 Å². The second-order valence-electron chi connectivity index (χ2n) is 8.48. The first-order chi connectivity index (χ1) is 15.2. The first kappa shape index (κ1) is 21.7. The van der Waals surface area contributed by atoms with Gasteiger partial charge in [-0.15, -0.1) is 5.10 Å². The molecule has 0 unspecified atom stereocenters. The average molecular weight is 440 g/mol. The van der Waals surface area contributed by atoms with Crippen LogP contribution < -0.4 is 15.6 Å². The van der Waals surface area contributed by atoms with Gasteiger partial charge in [-0.25, -0.2) is 4.98 Å². The standard InChI is InChI=1S/C22H29N7O3/c1-7-18(30)27(5)14-8-15(9-14)28-11-16(24-17-10-26(4)25-21(17)32-6)19-20(22(28)31)29(12-23-19)13(2)3/h7,10-15,24H,1,8-9H2,2-6H3. The van der Waals surface area contributed by atoms with Crippen LogP contribution in [-0.2, 0) is 11.8 Å². The minimum Gasteiger partial charge on any atom is -0.478 e. The quantitative estimate of drug-likeness (QED) is 0.568. The molecule has 1 saturated carbocycles. The molecule has 0 bridgehead atoms. The molecule has 1 amide bonds. The highest BCUT2D eigenvalue weighted by atomic mass is 16.5. The number of methoxy groups -OCH3 is 1. The molecule has 1 N–H and O–H groups in total. The van der Waals surface area contributed by atoms with E-state index in [-0.39, 0.29) is 29.6 Å². The molecule has 1 aliphatic carbocycles. The van der Waals surface area contributed by atoms with Gasteiger partial charge in [-0.05, 0) is 32.8 Å². The van der Waals surface area contributed by atoms with Crippen LogP contribution in [-0.4, -0.2) is 54.9 Å². The molecule has 10 heteroatoms. The minimum atomic E-state index is -0.111. The van der Waals surface area contributed by atoms with E-state index in [2.05, 4.69) is 22.0 Å². The molecule has 3 aromatic heterocycles. The van der Waals surface area contributed by atoms with E-state index in [1.165, 1.54) is 6.08 Å². The Hall–Kier alpha value is -3.56. The molecule has 1 aliphatic rings. The largest absolute Gasteiger partial charge is 0.478 e. The zero-order chi connectivity index (χ0) is 23.2. The van der Waals surface area contributed by atoms with Crippen LogP contribution in [0.4, 0.5) is 11.4 Å². The van der Waals surface area contributed by atoms with Crippen LogP contribution >= 0.6 is 0 Å². The molecule has 0 atom stereocenters.